The molecule has 0 radical (unpaired) electrons. The molecule has 0 spiro atoms. The van der Waals surface area contributed by atoms with Crippen LogP contribution in [0, 0.1) is 0 Å². The van der Waals surface area contributed by atoms with E-state index in [-0.39, 0.29) is 11.9 Å². The second-order valence-electron chi connectivity index (χ2n) is 6.02. The van der Waals surface area contributed by atoms with Crippen LogP contribution in [0.1, 0.15) is 58.3 Å². The summed E-state index contributed by atoms with van der Waals surface area (Å²) in [5.41, 5.74) is -0.607. The highest BCUT2D eigenvalue weighted by Crippen LogP contribution is 2.26. The first-order chi connectivity index (χ1) is 8.59. The molecule has 2 aliphatic rings. The van der Waals surface area contributed by atoms with Crippen LogP contribution in [0.3, 0.4) is 0 Å². The second-order valence-corrected chi connectivity index (χ2v) is 6.02. The SMILES string of the molecule is CC(NCC1(O)CCCCCC1)C(=O)NC1CC1. The molecule has 18 heavy (non-hydrogen) atoms. The smallest absolute Gasteiger partial charge is 0.237 e. The molecule has 0 bridgehead atoms. The molecule has 0 aromatic heterocycles. The van der Waals surface area contributed by atoms with Crippen LogP contribution in [0.2, 0.25) is 0 Å². The van der Waals surface area contributed by atoms with E-state index in [1.807, 2.05) is 6.92 Å². The van der Waals surface area contributed by atoms with Gasteiger partial charge < -0.3 is 15.7 Å². The predicted molar refractivity (Wildman–Crippen MR) is 71.3 cm³/mol. The van der Waals surface area contributed by atoms with Gasteiger partial charge in [0.25, 0.3) is 0 Å². The molecule has 2 rings (SSSR count). The Kier molecular flexibility index (Phi) is 4.62. The molecule has 2 fully saturated rings. The third-order valence-corrected chi connectivity index (χ3v) is 4.09. The fraction of sp³-hybridized carbons (Fsp3) is 0.929. The Morgan fingerprint density at radius 3 is 2.44 bits per heavy atom. The van der Waals surface area contributed by atoms with E-state index < -0.39 is 5.60 Å². The van der Waals surface area contributed by atoms with Crippen LogP contribution in [0.25, 0.3) is 0 Å². The van der Waals surface area contributed by atoms with E-state index in [9.17, 15) is 9.90 Å². The zero-order chi connectivity index (χ0) is 13.0. The van der Waals surface area contributed by atoms with Crippen molar-refractivity contribution < 1.29 is 9.90 Å². The highest BCUT2D eigenvalue weighted by atomic mass is 16.3. The van der Waals surface area contributed by atoms with Crippen molar-refractivity contribution in [2.45, 2.75) is 76.0 Å². The molecular weight excluding hydrogens is 228 g/mol. The fourth-order valence-corrected chi connectivity index (χ4v) is 2.55. The third-order valence-electron chi connectivity index (χ3n) is 4.09. The van der Waals surface area contributed by atoms with Crippen molar-refractivity contribution in [3.05, 3.63) is 0 Å². The molecule has 0 heterocycles. The lowest BCUT2D eigenvalue weighted by molar-refractivity contribution is -0.123. The molecule has 4 heteroatoms. The molecule has 104 valence electrons. The normalized spacial score (nSPS) is 25.2. The predicted octanol–water partition coefficient (Wildman–Crippen LogP) is 1.33. The number of hydrogen-bond donors (Lipinski definition) is 3. The van der Waals surface area contributed by atoms with Crippen molar-refractivity contribution in [3.63, 3.8) is 0 Å². The van der Waals surface area contributed by atoms with Crippen molar-refractivity contribution in [1.29, 1.82) is 0 Å². The maximum Gasteiger partial charge on any atom is 0.237 e. The van der Waals surface area contributed by atoms with Gasteiger partial charge in [-0.2, -0.15) is 0 Å². The topological polar surface area (TPSA) is 61.4 Å². The molecular formula is C14H26N2O2. The van der Waals surface area contributed by atoms with Gasteiger partial charge in [0.05, 0.1) is 11.6 Å². The quantitative estimate of drug-likeness (QED) is 0.649. The fourth-order valence-electron chi connectivity index (χ4n) is 2.55. The molecule has 3 N–H and O–H groups in total. The maximum atomic E-state index is 11.8. The van der Waals surface area contributed by atoms with Crippen LogP contribution in [0.5, 0.6) is 0 Å². The molecule has 2 aliphatic carbocycles. The molecule has 1 atom stereocenters. The van der Waals surface area contributed by atoms with Gasteiger partial charge in [-0.05, 0) is 32.6 Å². The van der Waals surface area contributed by atoms with Gasteiger partial charge in [0.15, 0.2) is 0 Å². The molecule has 4 nitrogen and oxygen atoms in total. The van der Waals surface area contributed by atoms with E-state index >= 15 is 0 Å². The number of aliphatic hydroxyl groups is 1. The summed E-state index contributed by atoms with van der Waals surface area (Å²) >= 11 is 0. The van der Waals surface area contributed by atoms with Gasteiger partial charge in [-0.3, -0.25) is 4.79 Å². The van der Waals surface area contributed by atoms with E-state index in [1.165, 1.54) is 12.8 Å². The van der Waals surface area contributed by atoms with E-state index in [2.05, 4.69) is 10.6 Å². The molecule has 0 aromatic carbocycles. The van der Waals surface area contributed by atoms with Crippen LogP contribution in [0.15, 0.2) is 0 Å². The Bertz CT molecular complexity index is 282. The summed E-state index contributed by atoms with van der Waals surface area (Å²) in [5, 5.41) is 16.7. The summed E-state index contributed by atoms with van der Waals surface area (Å²) < 4.78 is 0. The zero-order valence-electron chi connectivity index (χ0n) is 11.4. The number of amides is 1. The van der Waals surface area contributed by atoms with Crippen molar-refractivity contribution >= 4 is 5.91 Å². The Morgan fingerprint density at radius 1 is 1.28 bits per heavy atom. The molecule has 0 aliphatic heterocycles. The summed E-state index contributed by atoms with van der Waals surface area (Å²) in [7, 11) is 0. The summed E-state index contributed by atoms with van der Waals surface area (Å²) in [6, 6.07) is 0.195. The first-order valence-electron chi connectivity index (χ1n) is 7.35. The monoisotopic (exact) mass is 254 g/mol. The molecule has 0 saturated heterocycles. The van der Waals surface area contributed by atoms with E-state index in [1.54, 1.807) is 0 Å². The van der Waals surface area contributed by atoms with E-state index in [4.69, 9.17) is 0 Å². The minimum absolute atomic E-state index is 0.0646. The Labute approximate surface area is 110 Å². The Morgan fingerprint density at radius 2 is 1.89 bits per heavy atom. The summed E-state index contributed by atoms with van der Waals surface area (Å²) in [6.45, 7) is 2.41. The first-order valence-corrected chi connectivity index (χ1v) is 7.35. The summed E-state index contributed by atoms with van der Waals surface area (Å²) in [5.74, 6) is 0.0646. The molecule has 1 amide bonds. The van der Waals surface area contributed by atoms with Crippen molar-refractivity contribution in [2.24, 2.45) is 0 Å². The van der Waals surface area contributed by atoms with Gasteiger partial charge in [0, 0.05) is 12.6 Å². The summed E-state index contributed by atoms with van der Waals surface area (Å²) in [4.78, 5) is 11.8. The number of rotatable bonds is 5. The average Bonchev–Trinajstić information content (AvgIpc) is 3.15. The maximum absolute atomic E-state index is 11.8. The average molecular weight is 254 g/mol. The summed E-state index contributed by atoms with van der Waals surface area (Å²) in [6.07, 6.45) is 8.58. The Balaban J connectivity index is 1.72. The third kappa shape index (κ3) is 4.25. The standard InChI is InChI=1S/C14H26N2O2/c1-11(13(17)16-12-6-7-12)15-10-14(18)8-4-2-3-5-9-14/h11-12,15,18H,2-10H2,1H3,(H,16,17). The van der Waals surface area contributed by atoms with Gasteiger partial charge in [-0.1, -0.05) is 25.7 Å². The number of carbonyl (C=O) groups is 1. The molecule has 1 unspecified atom stereocenters. The van der Waals surface area contributed by atoms with Crippen molar-refractivity contribution in [1.82, 2.24) is 10.6 Å². The van der Waals surface area contributed by atoms with Crippen molar-refractivity contribution in [3.8, 4) is 0 Å². The van der Waals surface area contributed by atoms with Gasteiger partial charge in [0.2, 0.25) is 5.91 Å². The minimum Gasteiger partial charge on any atom is -0.389 e. The lowest BCUT2D eigenvalue weighted by Crippen LogP contribution is -2.49. The second kappa shape index (κ2) is 6.02. The van der Waals surface area contributed by atoms with Crippen LogP contribution in [0.4, 0.5) is 0 Å². The highest BCUT2D eigenvalue weighted by molar-refractivity contribution is 5.81. The minimum atomic E-state index is -0.607. The van der Waals surface area contributed by atoms with Crippen molar-refractivity contribution in [2.75, 3.05) is 6.54 Å². The van der Waals surface area contributed by atoms with Crippen LogP contribution >= 0.6 is 0 Å². The molecule has 2 saturated carbocycles. The van der Waals surface area contributed by atoms with Crippen LogP contribution in [-0.4, -0.2) is 35.2 Å². The van der Waals surface area contributed by atoms with Crippen LogP contribution < -0.4 is 10.6 Å². The van der Waals surface area contributed by atoms with Gasteiger partial charge in [-0.25, -0.2) is 0 Å². The van der Waals surface area contributed by atoms with Gasteiger partial charge >= 0.3 is 0 Å². The lowest BCUT2D eigenvalue weighted by Gasteiger charge is -2.28. The zero-order valence-corrected chi connectivity index (χ0v) is 11.4. The molecule has 0 aromatic rings. The number of hydrogen-bond acceptors (Lipinski definition) is 3. The Hall–Kier alpha value is -0.610. The lowest BCUT2D eigenvalue weighted by atomic mass is 9.94. The van der Waals surface area contributed by atoms with Gasteiger partial charge in [0.1, 0.15) is 0 Å². The number of carbonyl (C=O) groups excluding carboxylic acids is 1. The first kappa shape index (κ1) is 13.8. The van der Waals surface area contributed by atoms with E-state index in [0.29, 0.717) is 12.6 Å². The highest BCUT2D eigenvalue weighted by Gasteiger charge is 2.30. The van der Waals surface area contributed by atoms with Crippen LogP contribution in [-0.2, 0) is 4.79 Å². The van der Waals surface area contributed by atoms with Gasteiger partial charge in [-0.15, -0.1) is 0 Å². The van der Waals surface area contributed by atoms with E-state index in [0.717, 1.165) is 38.5 Å². The number of nitrogens with one attached hydrogen (secondary N) is 2. The largest absolute Gasteiger partial charge is 0.389 e.